The summed E-state index contributed by atoms with van der Waals surface area (Å²) in [6.07, 6.45) is 4.20. The normalized spacial score (nSPS) is 15.3. The number of benzene rings is 1. The summed E-state index contributed by atoms with van der Waals surface area (Å²) in [6, 6.07) is 10.6. The number of nitrogens with zero attached hydrogens (tertiary/aromatic N) is 1. The first-order chi connectivity index (χ1) is 8.90. The van der Waals surface area contributed by atoms with Gasteiger partial charge in [-0.3, -0.25) is 0 Å². The van der Waals surface area contributed by atoms with Crippen molar-refractivity contribution >= 4 is 34.7 Å². The molecule has 0 unspecified atom stereocenters. The second-order valence-corrected chi connectivity index (χ2v) is 6.79. The van der Waals surface area contributed by atoms with E-state index in [4.69, 9.17) is 0 Å². The van der Waals surface area contributed by atoms with Gasteiger partial charge in [-0.05, 0) is 11.5 Å². The van der Waals surface area contributed by atoms with Crippen LogP contribution in [0.1, 0.15) is 0 Å². The van der Waals surface area contributed by atoms with E-state index in [2.05, 4.69) is 52.5 Å². The van der Waals surface area contributed by atoms with Crippen molar-refractivity contribution in [3.8, 4) is 0 Å². The van der Waals surface area contributed by atoms with Gasteiger partial charge in [0.1, 0.15) is 0 Å². The van der Waals surface area contributed by atoms with Crippen LogP contribution >= 0.6 is 19.1 Å². The van der Waals surface area contributed by atoms with E-state index in [1.54, 1.807) is 11.3 Å². The van der Waals surface area contributed by atoms with E-state index in [1.807, 2.05) is 0 Å². The Balaban J connectivity index is 0.000000182. The molecule has 110 valence electrons. The van der Waals surface area contributed by atoms with E-state index < -0.39 is 7.81 Å². The minimum absolute atomic E-state index is 1.31. The fourth-order valence-corrected chi connectivity index (χ4v) is 2.48. The molecule has 0 bridgehead atoms. The number of hydrogen-bond acceptors (Lipinski definition) is 1. The quantitative estimate of drug-likeness (QED) is 0.269. The minimum atomic E-state index is -10.7. The van der Waals surface area contributed by atoms with Crippen LogP contribution in [-0.4, -0.2) is 0 Å². The molecule has 0 aliphatic carbocycles. The number of halogens is 6. The van der Waals surface area contributed by atoms with Crippen LogP contribution in [0.4, 0.5) is 25.2 Å². The molecule has 0 spiro atoms. The average Bonchev–Trinajstić information content (AvgIpc) is 2.73. The number of pyridine rings is 1. The first-order valence-electron chi connectivity index (χ1n) is 5.23. The zero-order chi connectivity index (χ0) is 15.1. The molecule has 1 nitrogen and oxygen atoms in total. The van der Waals surface area contributed by atoms with Crippen LogP contribution in [0.15, 0.2) is 48.1 Å². The van der Waals surface area contributed by atoms with E-state index in [-0.39, 0.29) is 0 Å². The molecule has 0 atom stereocenters. The van der Waals surface area contributed by atoms with Crippen LogP contribution in [0, 0.1) is 0 Å². The third kappa shape index (κ3) is 4.94. The maximum absolute atomic E-state index is 10.7. The first kappa shape index (κ1) is 15.0. The summed E-state index contributed by atoms with van der Waals surface area (Å²) in [5.41, 5.74) is 0. The predicted octanol–water partition coefficient (Wildman–Crippen LogP) is 6.02. The third-order valence-electron chi connectivity index (χ3n) is 2.24. The zero-order valence-corrected chi connectivity index (χ0v) is 11.4. The van der Waals surface area contributed by atoms with Crippen LogP contribution in [0.2, 0.25) is 0 Å². The molecule has 20 heavy (non-hydrogen) atoms. The van der Waals surface area contributed by atoms with Crippen molar-refractivity contribution in [2.45, 2.75) is 0 Å². The molecule has 1 aromatic carbocycles. The van der Waals surface area contributed by atoms with E-state index >= 15 is 0 Å². The number of aromatic nitrogens is 1. The van der Waals surface area contributed by atoms with Crippen molar-refractivity contribution in [2.24, 2.45) is 0 Å². The molecule has 3 aromatic rings. The fourth-order valence-electron chi connectivity index (χ4n) is 1.61. The minimum Gasteiger partial charge on any atom is -0.157 e. The fraction of sp³-hybridized carbons (Fsp3) is 0. The maximum Gasteiger partial charge on any atom is 0.274 e. The van der Waals surface area contributed by atoms with Gasteiger partial charge in [0.05, 0.1) is 10.8 Å². The standard InChI is InChI=1S/C11H8NS.F6P/c1-2-4-10-9(3-1)5-6-12-7-8-13-11(10)12;1-7(2,3,4,5)6/h1-8H;/q+1;-1. The van der Waals surface area contributed by atoms with Gasteiger partial charge in [0.15, 0.2) is 12.4 Å². The number of fused-ring (bicyclic) bond motifs is 3. The van der Waals surface area contributed by atoms with Crippen LogP contribution in [-0.2, 0) is 0 Å². The number of hydrogen-bond donors (Lipinski definition) is 0. The third-order valence-corrected chi connectivity index (χ3v) is 3.15. The SMILES string of the molecule is F[P-](F)(F)(F)(F)F.c1ccc2c(c1)cc[n+]1ccsc21. The topological polar surface area (TPSA) is 4.10 Å². The largest absolute Gasteiger partial charge is 0.274 e. The van der Waals surface area contributed by atoms with Gasteiger partial charge >= 0.3 is 33.0 Å². The Morgan fingerprint density at radius 1 is 0.850 bits per heavy atom. The summed E-state index contributed by atoms with van der Waals surface area (Å²) in [4.78, 5) is 1.32. The predicted molar refractivity (Wildman–Crippen MR) is 68.6 cm³/mol. The van der Waals surface area contributed by atoms with Crippen molar-refractivity contribution in [3.05, 3.63) is 48.1 Å². The molecule has 0 N–H and O–H groups in total. The molecule has 0 aliphatic rings. The second kappa shape index (κ2) is 4.05. The average molecular weight is 331 g/mol. The van der Waals surface area contributed by atoms with Crippen LogP contribution in [0.25, 0.3) is 15.6 Å². The number of thiazole rings is 1. The summed E-state index contributed by atoms with van der Waals surface area (Å²) in [5, 5.41) is 4.76. The molecule has 0 saturated carbocycles. The van der Waals surface area contributed by atoms with Crippen LogP contribution < -0.4 is 4.40 Å². The van der Waals surface area contributed by atoms with Crippen molar-refractivity contribution in [1.82, 2.24) is 0 Å². The van der Waals surface area contributed by atoms with E-state index in [0.29, 0.717) is 0 Å². The van der Waals surface area contributed by atoms with E-state index in [9.17, 15) is 25.2 Å². The Kier molecular flexibility index (Phi) is 3.04. The summed E-state index contributed by atoms with van der Waals surface area (Å²) < 4.78 is 61.4. The van der Waals surface area contributed by atoms with Crippen molar-refractivity contribution in [3.63, 3.8) is 0 Å². The van der Waals surface area contributed by atoms with Crippen LogP contribution in [0.5, 0.6) is 0 Å². The van der Waals surface area contributed by atoms with Crippen molar-refractivity contribution in [1.29, 1.82) is 0 Å². The molecule has 0 saturated heterocycles. The Labute approximate surface area is 113 Å². The van der Waals surface area contributed by atoms with E-state index in [1.165, 1.54) is 15.6 Å². The van der Waals surface area contributed by atoms with E-state index in [0.717, 1.165) is 0 Å². The summed E-state index contributed by atoms with van der Waals surface area (Å²) in [6.45, 7) is 0. The molecule has 0 amide bonds. The second-order valence-electron chi connectivity index (χ2n) is 3.98. The zero-order valence-electron chi connectivity index (χ0n) is 9.69. The molecule has 0 fully saturated rings. The smallest absolute Gasteiger partial charge is 0.157 e. The van der Waals surface area contributed by atoms with Gasteiger partial charge in [-0.2, -0.15) is 4.40 Å². The Morgan fingerprint density at radius 2 is 1.45 bits per heavy atom. The van der Waals surface area contributed by atoms with Gasteiger partial charge in [0.25, 0.3) is 4.83 Å². The molecular weight excluding hydrogens is 323 g/mol. The monoisotopic (exact) mass is 331 g/mol. The first-order valence-corrected chi connectivity index (χ1v) is 8.13. The van der Waals surface area contributed by atoms with Crippen LogP contribution in [0.3, 0.4) is 0 Å². The molecule has 3 rings (SSSR count). The molecule has 0 radical (unpaired) electrons. The van der Waals surface area contributed by atoms with Gasteiger partial charge in [0, 0.05) is 6.07 Å². The summed E-state index contributed by atoms with van der Waals surface area (Å²) >= 11 is 1.78. The molecule has 9 heteroatoms. The van der Waals surface area contributed by atoms with Gasteiger partial charge in [0.2, 0.25) is 0 Å². The van der Waals surface area contributed by atoms with Crippen molar-refractivity contribution in [2.75, 3.05) is 0 Å². The molecule has 2 heterocycles. The van der Waals surface area contributed by atoms with Gasteiger partial charge in [-0.25, -0.2) is 0 Å². The molecule has 0 aliphatic heterocycles. The molecular formula is C11H8F6NPS. The van der Waals surface area contributed by atoms with Gasteiger partial charge < -0.3 is 0 Å². The van der Waals surface area contributed by atoms with Crippen molar-refractivity contribution < 1.29 is 29.6 Å². The molecule has 2 aromatic heterocycles. The van der Waals surface area contributed by atoms with Gasteiger partial charge in [-0.1, -0.05) is 29.5 Å². The Bertz CT molecular complexity index is 753. The summed E-state index contributed by atoms with van der Waals surface area (Å²) in [7, 11) is -10.7. The summed E-state index contributed by atoms with van der Waals surface area (Å²) in [5.74, 6) is 0. The maximum atomic E-state index is 9.87. The Morgan fingerprint density at radius 3 is 2.10 bits per heavy atom. The van der Waals surface area contributed by atoms with Gasteiger partial charge in [-0.15, -0.1) is 0 Å². The Hall–Kier alpha value is -1.40. The number of rotatable bonds is 0.